The van der Waals surface area contributed by atoms with Crippen molar-refractivity contribution in [3.05, 3.63) is 53.1 Å². The molecule has 0 aliphatic carbocycles. The molecule has 0 N–H and O–H groups in total. The van der Waals surface area contributed by atoms with Crippen molar-refractivity contribution in [3.8, 4) is 5.75 Å². The standard InChI is InChI=1S/C27H37N3O2S/c1-6-9-10-16-32-23-13-11-12-22(19-23)26(31)30(15-14-29(7-2)8-3)27-28-25-21(5)17-20(4)18-24(25)33-27/h11-13,17-19H,6-10,14-16H2,1-5H3. The van der Waals surface area contributed by atoms with Crippen LogP contribution < -0.4 is 9.64 Å². The van der Waals surface area contributed by atoms with Crippen LogP contribution in [-0.4, -0.2) is 48.6 Å². The number of carbonyl (C=O) groups excluding carboxylic acids is 1. The highest BCUT2D eigenvalue weighted by molar-refractivity contribution is 7.22. The molecule has 5 nitrogen and oxygen atoms in total. The van der Waals surface area contributed by atoms with Crippen LogP contribution in [0.5, 0.6) is 5.75 Å². The Hall–Kier alpha value is -2.44. The molecule has 0 saturated carbocycles. The van der Waals surface area contributed by atoms with Gasteiger partial charge in [0.2, 0.25) is 0 Å². The second kappa shape index (κ2) is 12.1. The van der Waals surface area contributed by atoms with Crippen LogP contribution in [-0.2, 0) is 0 Å². The number of carbonyl (C=O) groups is 1. The highest BCUT2D eigenvalue weighted by Crippen LogP contribution is 2.32. The molecule has 3 aromatic rings. The van der Waals surface area contributed by atoms with E-state index in [1.165, 1.54) is 5.56 Å². The van der Waals surface area contributed by atoms with Gasteiger partial charge in [-0.1, -0.05) is 57.1 Å². The predicted molar refractivity (Wildman–Crippen MR) is 140 cm³/mol. The summed E-state index contributed by atoms with van der Waals surface area (Å²) in [4.78, 5) is 22.8. The largest absolute Gasteiger partial charge is 0.494 e. The molecule has 0 aliphatic heterocycles. The first-order valence-corrected chi connectivity index (χ1v) is 12.9. The summed E-state index contributed by atoms with van der Waals surface area (Å²) in [5.74, 6) is 0.714. The number of aryl methyl sites for hydroxylation is 2. The third-order valence-corrected chi connectivity index (χ3v) is 6.95. The Morgan fingerprint density at radius 1 is 1.03 bits per heavy atom. The molecule has 0 spiro atoms. The average Bonchev–Trinajstić information content (AvgIpc) is 3.23. The number of likely N-dealkylation sites (N-methyl/N-ethyl adjacent to an activating group) is 1. The Morgan fingerprint density at radius 2 is 1.82 bits per heavy atom. The van der Waals surface area contributed by atoms with Gasteiger partial charge in [0.1, 0.15) is 5.75 Å². The van der Waals surface area contributed by atoms with Gasteiger partial charge in [-0.25, -0.2) is 4.98 Å². The summed E-state index contributed by atoms with van der Waals surface area (Å²) in [6, 6.07) is 11.9. The minimum Gasteiger partial charge on any atom is -0.494 e. The monoisotopic (exact) mass is 467 g/mol. The summed E-state index contributed by atoms with van der Waals surface area (Å²) in [5, 5.41) is 0.755. The molecule has 0 bridgehead atoms. The lowest BCUT2D eigenvalue weighted by Gasteiger charge is -2.25. The Balaban J connectivity index is 1.89. The maximum atomic E-state index is 13.7. The van der Waals surface area contributed by atoms with Gasteiger partial charge < -0.3 is 9.64 Å². The molecule has 1 heterocycles. The summed E-state index contributed by atoms with van der Waals surface area (Å²) in [5.41, 5.74) is 3.97. The SMILES string of the molecule is CCCCCOc1cccc(C(=O)N(CCN(CC)CC)c2nc3c(C)cc(C)cc3s2)c1. The van der Waals surface area contributed by atoms with E-state index in [2.05, 4.69) is 51.7 Å². The highest BCUT2D eigenvalue weighted by atomic mass is 32.1. The number of hydrogen-bond donors (Lipinski definition) is 0. The topological polar surface area (TPSA) is 45.7 Å². The van der Waals surface area contributed by atoms with E-state index in [4.69, 9.17) is 9.72 Å². The van der Waals surface area contributed by atoms with Crippen LogP contribution in [0.4, 0.5) is 5.13 Å². The average molecular weight is 468 g/mol. The highest BCUT2D eigenvalue weighted by Gasteiger charge is 2.23. The second-order valence-electron chi connectivity index (χ2n) is 8.49. The van der Waals surface area contributed by atoms with E-state index in [1.807, 2.05) is 29.2 Å². The number of amides is 1. The number of unbranched alkanes of at least 4 members (excludes halogenated alkanes) is 2. The van der Waals surface area contributed by atoms with Gasteiger partial charge in [0, 0.05) is 18.7 Å². The van der Waals surface area contributed by atoms with Crippen molar-refractivity contribution in [2.75, 3.05) is 37.7 Å². The van der Waals surface area contributed by atoms with Crippen LogP contribution in [0.25, 0.3) is 10.2 Å². The second-order valence-corrected chi connectivity index (χ2v) is 9.50. The van der Waals surface area contributed by atoms with Crippen molar-refractivity contribution < 1.29 is 9.53 Å². The summed E-state index contributed by atoms with van der Waals surface area (Å²) < 4.78 is 7.02. The lowest BCUT2D eigenvalue weighted by Crippen LogP contribution is -2.38. The number of nitrogens with zero attached hydrogens (tertiary/aromatic N) is 3. The molecule has 0 aliphatic rings. The van der Waals surface area contributed by atoms with E-state index in [-0.39, 0.29) is 5.91 Å². The third kappa shape index (κ3) is 6.55. The van der Waals surface area contributed by atoms with Crippen LogP contribution in [0.2, 0.25) is 0 Å². The third-order valence-electron chi connectivity index (χ3n) is 5.93. The number of fused-ring (bicyclic) bond motifs is 1. The molecule has 0 unspecified atom stereocenters. The Morgan fingerprint density at radius 3 is 2.55 bits per heavy atom. The lowest BCUT2D eigenvalue weighted by molar-refractivity contribution is 0.0983. The molecule has 0 saturated heterocycles. The fraction of sp³-hybridized carbons (Fsp3) is 0.481. The smallest absolute Gasteiger partial charge is 0.260 e. The number of hydrogen-bond acceptors (Lipinski definition) is 5. The number of anilines is 1. The first kappa shape index (κ1) is 25.2. The van der Waals surface area contributed by atoms with Gasteiger partial charge in [-0.3, -0.25) is 9.69 Å². The Labute approximate surface area is 202 Å². The number of rotatable bonds is 12. The zero-order valence-electron chi connectivity index (χ0n) is 20.7. The molecule has 1 amide bonds. The number of benzene rings is 2. The van der Waals surface area contributed by atoms with Crippen molar-refractivity contribution in [2.24, 2.45) is 0 Å². The van der Waals surface area contributed by atoms with E-state index < -0.39 is 0 Å². The zero-order valence-corrected chi connectivity index (χ0v) is 21.5. The molecule has 0 radical (unpaired) electrons. The zero-order chi connectivity index (χ0) is 23.8. The molecule has 0 fully saturated rings. The Bertz CT molecular complexity index is 1060. The fourth-order valence-electron chi connectivity index (χ4n) is 3.96. The molecule has 1 aromatic heterocycles. The summed E-state index contributed by atoms with van der Waals surface area (Å²) in [7, 11) is 0. The Kier molecular flexibility index (Phi) is 9.27. The van der Waals surface area contributed by atoms with Crippen molar-refractivity contribution in [3.63, 3.8) is 0 Å². The molecular formula is C27H37N3O2S. The van der Waals surface area contributed by atoms with Gasteiger partial charge in [0.15, 0.2) is 5.13 Å². The molecule has 178 valence electrons. The van der Waals surface area contributed by atoms with Gasteiger partial charge in [0.25, 0.3) is 5.91 Å². The van der Waals surface area contributed by atoms with Crippen LogP contribution in [0, 0.1) is 13.8 Å². The van der Waals surface area contributed by atoms with E-state index in [0.29, 0.717) is 18.7 Å². The van der Waals surface area contributed by atoms with Gasteiger partial charge in [-0.15, -0.1) is 0 Å². The number of aromatic nitrogens is 1. The van der Waals surface area contributed by atoms with Crippen LogP contribution in [0.15, 0.2) is 36.4 Å². The van der Waals surface area contributed by atoms with Gasteiger partial charge >= 0.3 is 0 Å². The molecule has 3 rings (SSSR count). The lowest BCUT2D eigenvalue weighted by atomic mass is 10.1. The van der Waals surface area contributed by atoms with Crippen molar-refractivity contribution in [1.29, 1.82) is 0 Å². The maximum Gasteiger partial charge on any atom is 0.260 e. The van der Waals surface area contributed by atoms with Crippen molar-refractivity contribution in [1.82, 2.24) is 9.88 Å². The molecular weight excluding hydrogens is 430 g/mol. The summed E-state index contributed by atoms with van der Waals surface area (Å²) in [6.07, 6.45) is 3.33. The van der Waals surface area contributed by atoms with Gasteiger partial charge in [-0.2, -0.15) is 0 Å². The van der Waals surface area contributed by atoms with Crippen LogP contribution in [0.1, 0.15) is 61.5 Å². The van der Waals surface area contributed by atoms with Crippen molar-refractivity contribution >= 4 is 32.6 Å². The van der Waals surface area contributed by atoms with Crippen LogP contribution in [0.3, 0.4) is 0 Å². The summed E-state index contributed by atoms with van der Waals surface area (Å²) in [6.45, 7) is 14.7. The fourth-order valence-corrected chi connectivity index (χ4v) is 5.12. The van der Waals surface area contributed by atoms with E-state index in [9.17, 15) is 4.79 Å². The predicted octanol–water partition coefficient (Wildman–Crippen LogP) is 6.47. The van der Waals surface area contributed by atoms with Gasteiger partial charge in [-0.05, 0) is 68.8 Å². The first-order valence-electron chi connectivity index (χ1n) is 12.1. The van der Waals surface area contributed by atoms with E-state index >= 15 is 0 Å². The quantitative estimate of drug-likeness (QED) is 0.286. The normalized spacial score (nSPS) is 11.3. The summed E-state index contributed by atoms with van der Waals surface area (Å²) >= 11 is 1.59. The maximum absolute atomic E-state index is 13.7. The molecule has 2 aromatic carbocycles. The number of ether oxygens (including phenoxy) is 1. The molecule has 0 atom stereocenters. The molecule has 6 heteroatoms. The minimum absolute atomic E-state index is 0.0328. The van der Waals surface area contributed by atoms with E-state index in [1.54, 1.807) is 11.3 Å². The van der Waals surface area contributed by atoms with E-state index in [0.717, 1.165) is 65.6 Å². The first-order chi connectivity index (χ1) is 16.0. The number of thiazole rings is 1. The van der Waals surface area contributed by atoms with Gasteiger partial charge in [0.05, 0.1) is 16.8 Å². The van der Waals surface area contributed by atoms with Crippen LogP contribution >= 0.6 is 11.3 Å². The molecule has 33 heavy (non-hydrogen) atoms. The van der Waals surface area contributed by atoms with Crippen molar-refractivity contribution in [2.45, 2.75) is 53.9 Å². The minimum atomic E-state index is -0.0328.